The second-order valence-corrected chi connectivity index (χ2v) is 10.3. The number of rotatable bonds is 17. The van der Waals surface area contributed by atoms with Crippen molar-refractivity contribution in [2.24, 2.45) is 0 Å². The first-order valence-corrected chi connectivity index (χ1v) is 14.5. The van der Waals surface area contributed by atoms with Crippen LogP contribution in [0.4, 0.5) is 0 Å². The summed E-state index contributed by atoms with van der Waals surface area (Å²) in [4.78, 5) is 95.0. The zero-order chi connectivity index (χ0) is 36.7. The van der Waals surface area contributed by atoms with Gasteiger partial charge in [0.2, 0.25) is 6.29 Å². The number of esters is 8. The Kier molecular flexibility index (Phi) is 17.5. The van der Waals surface area contributed by atoms with Crippen molar-refractivity contribution < 1.29 is 90.5 Å². The van der Waals surface area contributed by atoms with Gasteiger partial charge < -0.3 is 52.1 Å². The summed E-state index contributed by atoms with van der Waals surface area (Å²) < 4.78 is 59.4. The van der Waals surface area contributed by atoms with E-state index in [1.807, 2.05) is 0 Å². The fourth-order valence-electron chi connectivity index (χ4n) is 4.19. The molecular weight excluding hydrogens is 652 g/mol. The molecule has 48 heavy (non-hydrogen) atoms. The lowest BCUT2D eigenvalue weighted by molar-refractivity contribution is -0.327. The van der Waals surface area contributed by atoms with Gasteiger partial charge in [0.1, 0.15) is 32.0 Å². The Morgan fingerprint density at radius 3 is 1.46 bits per heavy atom. The summed E-state index contributed by atoms with van der Waals surface area (Å²) in [6, 6.07) is 0. The third kappa shape index (κ3) is 15.5. The molecule has 9 atom stereocenters. The molecule has 0 aliphatic carbocycles. The summed E-state index contributed by atoms with van der Waals surface area (Å²) in [5.74, 6) is -6.62. The maximum absolute atomic E-state index is 12.2. The molecule has 272 valence electrons. The highest BCUT2D eigenvalue weighted by atomic mass is 16.8. The van der Waals surface area contributed by atoms with Gasteiger partial charge in [0.15, 0.2) is 30.7 Å². The molecule has 0 saturated carbocycles. The van der Waals surface area contributed by atoms with E-state index < -0.39 is 123 Å². The van der Waals surface area contributed by atoms with Gasteiger partial charge in [-0.05, 0) is 6.92 Å². The quantitative estimate of drug-likeness (QED) is 0.109. The standard InChI is InChI=1S/C29H42O19/c1-13(22(10-38-14(2)30)47-28(46-21(9)37)24(42-17(5)33)12-40-16(4)32)41-29-27(45-20(8)36)26(44-19(7)35)25(43-18(6)34)23(48-29)11-39-15(3)31/h13,22-29H,10-12H2,1-9H3/t13-,22?,23?,24-,25?,26?,27?,28?,29?/m0/s1. The second-order valence-electron chi connectivity index (χ2n) is 10.3. The van der Waals surface area contributed by atoms with Crippen LogP contribution in [0.3, 0.4) is 0 Å². The van der Waals surface area contributed by atoms with Crippen LogP contribution in [0.15, 0.2) is 0 Å². The van der Waals surface area contributed by atoms with Crippen LogP contribution in [0.1, 0.15) is 62.3 Å². The van der Waals surface area contributed by atoms with E-state index in [0.29, 0.717) is 0 Å². The van der Waals surface area contributed by atoms with E-state index in [1.54, 1.807) is 0 Å². The van der Waals surface area contributed by atoms with Crippen LogP contribution in [0.5, 0.6) is 0 Å². The van der Waals surface area contributed by atoms with Crippen molar-refractivity contribution in [2.75, 3.05) is 19.8 Å². The van der Waals surface area contributed by atoms with Gasteiger partial charge in [-0.15, -0.1) is 0 Å². The molecule has 0 spiro atoms. The SMILES string of the molecule is CC(=O)OCC1OC(O[C@@H](C)C(COC(C)=O)OC(OC(C)=O)[C@H](COC(C)=O)OC(C)=O)C(OC(C)=O)C(OC(C)=O)C1OC(C)=O. The second kappa shape index (κ2) is 20.1. The Balaban J connectivity index is 3.60. The molecule has 19 nitrogen and oxygen atoms in total. The highest BCUT2D eigenvalue weighted by molar-refractivity contribution is 5.69. The van der Waals surface area contributed by atoms with E-state index >= 15 is 0 Å². The van der Waals surface area contributed by atoms with E-state index in [1.165, 1.54) is 6.92 Å². The van der Waals surface area contributed by atoms with Gasteiger partial charge >= 0.3 is 47.8 Å². The third-order valence-electron chi connectivity index (χ3n) is 5.93. The summed E-state index contributed by atoms with van der Waals surface area (Å²) in [6.45, 7) is 8.13. The first-order valence-electron chi connectivity index (χ1n) is 14.5. The zero-order valence-corrected chi connectivity index (χ0v) is 28.1. The molecule has 0 bridgehead atoms. The normalized spacial score (nSPS) is 22.7. The third-order valence-corrected chi connectivity index (χ3v) is 5.93. The maximum atomic E-state index is 12.2. The average molecular weight is 695 g/mol. The van der Waals surface area contributed by atoms with Crippen molar-refractivity contribution in [3.63, 3.8) is 0 Å². The van der Waals surface area contributed by atoms with Gasteiger partial charge in [-0.3, -0.25) is 38.4 Å². The molecule has 0 aromatic carbocycles. The first-order chi connectivity index (χ1) is 22.3. The number of carbonyl (C=O) groups excluding carboxylic acids is 8. The zero-order valence-electron chi connectivity index (χ0n) is 28.1. The van der Waals surface area contributed by atoms with Gasteiger partial charge in [-0.1, -0.05) is 0 Å². The van der Waals surface area contributed by atoms with Crippen molar-refractivity contribution in [3.8, 4) is 0 Å². The summed E-state index contributed by atoms with van der Waals surface area (Å²) in [7, 11) is 0. The van der Waals surface area contributed by atoms with E-state index in [2.05, 4.69) is 0 Å². The topological polar surface area (TPSA) is 238 Å². The van der Waals surface area contributed by atoms with Gasteiger partial charge in [0.25, 0.3) is 0 Å². The monoisotopic (exact) mass is 694 g/mol. The van der Waals surface area contributed by atoms with Crippen molar-refractivity contribution in [2.45, 2.75) is 118 Å². The molecular formula is C29H42O19. The minimum Gasteiger partial charge on any atom is -0.463 e. The lowest BCUT2D eigenvalue weighted by Crippen LogP contribution is -2.63. The van der Waals surface area contributed by atoms with Crippen LogP contribution in [0.25, 0.3) is 0 Å². The van der Waals surface area contributed by atoms with Crippen LogP contribution < -0.4 is 0 Å². The van der Waals surface area contributed by atoms with E-state index in [-0.39, 0.29) is 0 Å². The molecule has 1 saturated heterocycles. The van der Waals surface area contributed by atoms with Crippen LogP contribution in [0, 0.1) is 0 Å². The number of hydrogen-bond acceptors (Lipinski definition) is 19. The van der Waals surface area contributed by atoms with Crippen molar-refractivity contribution in [3.05, 3.63) is 0 Å². The Morgan fingerprint density at radius 1 is 0.542 bits per heavy atom. The number of ether oxygens (including phenoxy) is 11. The Labute approximate surface area is 275 Å². The van der Waals surface area contributed by atoms with Crippen molar-refractivity contribution >= 4 is 47.8 Å². The Hall–Kier alpha value is -4.36. The molecule has 19 heteroatoms. The molecule has 7 unspecified atom stereocenters. The van der Waals surface area contributed by atoms with E-state index in [4.69, 9.17) is 52.1 Å². The van der Waals surface area contributed by atoms with Crippen LogP contribution in [-0.2, 0) is 90.5 Å². The maximum Gasteiger partial charge on any atom is 0.305 e. The minimum atomic E-state index is -1.76. The molecule has 1 aliphatic heterocycles. The molecule has 0 amide bonds. The number of carbonyl (C=O) groups is 8. The summed E-state index contributed by atoms with van der Waals surface area (Å²) in [5, 5.41) is 0. The molecule has 1 heterocycles. The average Bonchev–Trinajstić information content (AvgIpc) is 2.93. The fourth-order valence-corrected chi connectivity index (χ4v) is 4.19. The van der Waals surface area contributed by atoms with Crippen molar-refractivity contribution in [1.29, 1.82) is 0 Å². The van der Waals surface area contributed by atoms with Crippen LogP contribution in [-0.4, -0.2) is 123 Å². The molecule has 0 radical (unpaired) electrons. The first kappa shape index (κ1) is 41.7. The predicted molar refractivity (Wildman–Crippen MR) is 152 cm³/mol. The summed E-state index contributed by atoms with van der Waals surface area (Å²) >= 11 is 0. The molecule has 0 aromatic heterocycles. The summed E-state index contributed by atoms with van der Waals surface area (Å²) in [5.41, 5.74) is 0. The molecule has 0 N–H and O–H groups in total. The Morgan fingerprint density at radius 2 is 1.00 bits per heavy atom. The van der Waals surface area contributed by atoms with Crippen LogP contribution in [0.2, 0.25) is 0 Å². The van der Waals surface area contributed by atoms with E-state index in [0.717, 1.165) is 55.4 Å². The lowest BCUT2D eigenvalue weighted by Gasteiger charge is -2.45. The van der Waals surface area contributed by atoms with Gasteiger partial charge in [-0.2, -0.15) is 0 Å². The highest BCUT2D eigenvalue weighted by Crippen LogP contribution is 2.31. The molecule has 1 aliphatic rings. The van der Waals surface area contributed by atoms with Crippen LogP contribution >= 0.6 is 0 Å². The molecule has 1 rings (SSSR count). The molecule has 0 aromatic rings. The Bertz CT molecular complexity index is 1170. The minimum absolute atomic E-state index is 0.534. The molecule has 1 fully saturated rings. The largest absolute Gasteiger partial charge is 0.463 e. The van der Waals surface area contributed by atoms with Gasteiger partial charge in [-0.25, -0.2) is 0 Å². The highest BCUT2D eigenvalue weighted by Gasteiger charge is 2.53. The van der Waals surface area contributed by atoms with Crippen molar-refractivity contribution in [1.82, 2.24) is 0 Å². The fraction of sp³-hybridized carbons (Fsp3) is 0.724. The predicted octanol–water partition coefficient (Wildman–Crippen LogP) is -0.193. The van der Waals surface area contributed by atoms with E-state index in [9.17, 15) is 38.4 Å². The van der Waals surface area contributed by atoms with Gasteiger partial charge in [0, 0.05) is 55.4 Å². The lowest BCUT2D eigenvalue weighted by atomic mass is 9.98. The smallest absolute Gasteiger partial charge is 0.305 e. The summed E-state index contributed by atoms with van der Waals surface area (Å²) in [6.07, 6.45) is -13.6. The number of hydrogen-bond donors (Lipinski definition) is 0. The van der Waals surface area contributed by atoms with Gasteiger partial charge in [0.05, 0.1) is 6.10 Å².